The Labute approximate surface area is 105 Å². The van der Waals surface area contributed by atoms with E-state index >= 15 is 0 Å². The summed E-state index contributed by atoms with van der Waals surface area (Å²) in [5.74, 6) is 0.945. The highest BCUT2D eigenvalue weighted by Crippen LogP contribution is 2.16. The Bertz CT molecular complexity index is 233. The summed E-state index contributed by atoms with van der Waals surface area (Å²) in [7, 11) is 6.03. The van der Waals surface area contributed by atoms with Crippen LogP contribution in [0, 0.1) is 5.92 Å². The molecule has 0 aromatic carbocycles. The lowest BCUT2D eigenvalue weighted by molar-refractivity contribution is -0.130. The minimum absolute atomic E-state index is 0.286. The SMILES string of the molecule is CNCCCC(=O)N(C)CC1CCCN(C)C1. The van der Waals surface area contributed by atoms with Crippen molar-refractivity contribution in [1.29, 1.82) is 0 Å². The maximum absolute atomic E-state index is 11.9. The fourth-order valence-electron chi connectivity index (χ4n) is 2.52. The van der Waals surface area contributed by atoms with Crippen molar-refractivity contribution in [2.24, 2.45) is 5.92 Å². The largest absolute Gasteiger partial charge is 0.345 e. The van der Waals surface area contributed by atoms with E-state index < -0.39 is 0 Å². The number of hydrogen-bond acceptors (Lipinski definition) is 3. The summed E-state index contributed by atoms with van der Waals surface area (Å²) in [5, 5.41) is 3.07. The van der Waals surface area contributed by atoms with Crippen LogP contribution in [0.4, 0.5) is 0 Å². The molecule has 0 aliphatic carbocycles. The highest BCUT2D eigenvalue weighted by Gasteiger charge is 2.20. The zero-order valence-electron chi connectivity index (χ0n) is 11.5. The number of likely N-dealkylation sites (tertiary alicyclic amines) is 1. The Morgan fingerprint density at radius 2 is 2.29 bits per heavy atom. The molecule has 0 aromatic heterocycles. The van der Waals surface area contributed by atoms with E-state index in [-0.39, 0.29) is 5.91 Å². The molecule has 1 saturated heterocycles. The molecule has 1 atom stereocenters. The monoisotopic (exact) mass is 241 g/mol. The van der Waals surface area contributed by atoms with Crippen LogP contribution in [-0.4, -0.2) is 63.0 Å². The van der Waals surface area contributed by atoms with Gasteiger partial charge in [-0.3, -0.25) is 4.79 Å². The van der Waals surface area contributed by atoms with Gasteiger partial charge in [-0.2, -0.15) is 0 Å². The molecule has 1 fully saturated rings. The molecule has 0 aromatic rings. The van der Waals surface area contributed by atoms with Crippen molar-refractivity contribution in [3.63, 3.8) is 0 Å². The average Bonchev–Trinajstić information content (AvgIpc) is 2.29. The summed E-state index contributed by atoms with van der Waals surface area (Å²) in [6.07, 6.45) is 4.13. The van der Waals surface area contributed by atoms with Crippen LogP contribution in [-0.2, 0) is 4.79 Å². The van der Waals surface area contributed by atoms with E-state index in [2.05, 4.69) is 17.3 Å². The van der Waals surface area contributed by atoms with Crippen molar-refractivity contribution in [1.82, 2.24) is 15.1 Å². The molecule has 1 rings (SSSR count). The number of piperidine rings is 1. The third-order valence-electron chi connectivity index (χ3n) is 3.50. The highest BCUT2D eigenvalue weighted by molar-refractivity contribution is 5.75. The van der Waals surface area contributed by atoms with Crippen LogP contribution in [0.15, 0.2) is 0 Å². The first-order valence-corrected chi connectivity index (χ1v) is 6.70. The third kappa shape index (κ3) is 5.50. The molecule has 0 spiro atoms. The lowest BCUT2D eigenvalue weighted by Gasteiger charge is -2.32. The van der Waals surface area contributed by atoms with Gasteiger partial charge in [0.05, 0.1) is 0 Å². The molecule has 1 aliphatic heterocycles. The van der Waals surface area contributed by atoms with Crippen molar-refractivity contribution >= 4 is 5.91 Å². The molecule has 0 radical (unpaired) electrons. The summed E-state index contributed by atoms with van der Waals surface area (Å²) in [5.41, 5.74) is 0. The zero-order chi connectivity index (χ0) is 12.7. The number of amides is 1. The quantitative estimate of drug-likeness (QED) is 0.698. The third-order valence-corrected chi connectivity index (χ3v) is 3.50. The number of rotatable bonds is 6. The fraction of sp³-hybridized carbons (Fsp3) is 0.923. The van der Waals surface area contributed by atoms with Gasteiger partial charge in [0, 0.05) is 26.6 Å². The van der Waals surface area contributed by atoms with E-state index in [1.807, 2.05) is 19.0 Å². The van der Waals surface area contributed by atoms with Crippen molar-refractivity contribution in [2.45, 2.75) is 25.7 Å². The second-order valence-electron chi connectivity index (χ2n) is 5.25. The van der Waals surface area contributed by atoms with E-state index in [0.29, 0.717) is 12.3 Å². The standard InChI is InChI=1S/C13H27N3O/c1-14-8-4-7-13(17)16(3)11-12-6-5-9-15(2)10-12/h12,14H,4-11H2,1-3H3. The summed E-state index contributed by atoms with van der Waals surface area (Å²) in [4.78, 5) is 16.1. The van der Waals surface area contributed by atoms with Crippen molar-refractivity contribution in [3.8, 4) is 0 Å². The van der Waals surface area contributed by atoms with E-state index in [1.54, 1.807) is 0 Å². The lowest BCUT2D eigenvalue weighted by Crippen LogP contribution is -2.40. The van der Waals surface area contributed by atoms with Crippen LogP contribution >= 0.6 is 0 Å². The van der Waals surface area contributed by atoms with Crippen LogP contribution in [0.5, 0.6) is 0 Å². The summed E-state index contributed by atoms with van der Waals surface area (Å²) in [6.45, 7) is 4.18. The van der Waals surface area contributed by atoms with Crippen LogP contribution in [0.25, 0.3) is 0 Å². The molecule has 1 N–H and O–H groups in total. The van der Waals surface area contributed by atoms with Gasteiger partial charge in [-0.15, -0.1) is 0 Å². The van der Waals surface area contributed by atoms with Gasteiger partial charge >= 0.3 is 0 Å². The molecule has 0 saturated carbocycles. The Morgan fingerprint density at radius 1 is 1.53 bits per heavy atom. The predicted octanol–water partition coefficient (Wildman–Crippen LogP) is 0.786. The number of carbonyl (C=O) groups excluding carboxylic acids is 1. The topological polar surface area (TPSA) is 35.6 Å². The maximum atomic E-state index is 11.9. The predicted molar refractivity (Wildman–Crippen MR) is 71.0 cm³/mol. The molecule has 17 heavy (non-hydrogen) atoms. The lowest BCUT2D eigenvalue weighted by atomic mass is 9.98. The van der Waals surface area contributed by atoms with Crippen molar-refractivity contribution in [3.05, 3.63) is 0 Å². The number of nitrogens with one attached hydrogen (secondary N) is 1. The summed E-state index contributed by atoms with van der Waals surface area (Å²) >= 11 is 0. The molecule has 4 nitrogen and oxygen atoms in total. The normalized spacial score (nSPS) is 21.5. The molecule has 1 unspecified atom stereocenters. The number of nitrogens with zero attached hydrogens (tertiary/aromatic N) is 2. The van der Waals surface area contributed by atoms with Crippen molar-refractivity contribution in [2.75, 3.05) is 47.3 Å². The molecule has 0 bridgehead atoms. The highest BCUT2D eigenvalue weighted by atomic mass is 16.2. The Kier molecular flexibility index (Phi) is 6.52. The molecular formula is C13H27N3O. The molecule has 1 amide bonds. The Hall–Kier alpha value is -0.610. The van der Waals surface area contributed by atoms with Crippen molar-refractivity contribution < 1.29 is 4.79 Å². The first-order chi connectivity index (χ1) is 8.13. The van der Waals surface area contributed by atoms with E-state index in [4.69, 9.17) is 0 Å². The van der Waals surface area contributed by atoms with Gasteiger partial charge in [0.2, 0.25) is 5.91 Å². The van der Waals surface area contributed by atoms with E-state index in [0.717, 1.165) is 26.1 Å². The second-order valence-corrected chi connectivity index (χ2v) is 5.25. The van der Waals surface area contributed by atoms with Gasteiger partial charge in [-0.1, -0.05) is 0 Å². The molecule has 4 heteroatoms. The van der Waals surface area contributed by atoms with Crippen LogP contribution in [0.2, 0.25) is 0 Å². The van der Waals surface area contributed by atoms with Gasteiger partial charge in [-0.25, -0.2) is 0 Å². The van der Waals surface area contributed by atoms with Crippen LogP contribution in [0.3, 0.4) is 0 Å². The molecule has 1 heterocycles. The second kappa shape index (κ2) is 7.67. The summed E-state index contributed by atoms with van der Waals surface area (Å²) in [6, 6.07) is 0. The summed E-state index contributed by atoms with van der Waals surface area (Å²) < 4.78 is 0. The minimum Gasteiger partial charge on any atom is -0.345 e. The van der Waals surface area contributed by atoms with Gasteiger partial charge in [0.15, 0.2) is 0 Å². The Morgan fingerprint density at radius 3 is 2.94 bits per heavy atom. The first-order valence-electron chi connectivity index (χ1n) is 6.70. The smallest absolute Gasteiger partial charge is 0.222 e. The number of hydrogen-bond donors (Lipinski definition) is 1. The van der Waals surface area contributed by atoms with E-state index in [1.165, 1.54) is 19.4 Å². The average molecular weight is 241 g/mol. The maximum Gasteiger partial charge on any atom is 0.222 e. The van der Waals surface area contributed by atoms with Gasteiger partial charge < -0.3 is 15.1 Å². The number of carbonyl (C=O) groups is 1. The molecule has 1 aliphatic rings. The van der Waals surface area contributed by atoms with Gasteiger partial charge in [-0.05, 0) is 52.4 Å². The fourth-order valence-corrected chi connectivity index (χ4v) is 2.52. The van der Waals surface area contributed by atoms with Crippen LogP contribution in [0.1, 0.15) is 25.7 Å². The molecule has 100 valence electrons. The minimum atomic E-state index is 0.286. The van der Waals surface area contributed by atoms with E-state index in [9.17, 15) is 4.79 Å². The van der Waals surface area contributed by atoms with Crippen LogP contribution < -0.4 is 5.32 Å². The Balaban J connectivity index is 2.22. The zero-order valence-corrected chi connectivity index (χ0v) is 11.5. The molecular weight excluding hydrogens is 214 g/mol. The van der Waals surface area contributed by atoms with Gasteiger partial charge in [0.25, 0.3) is 0 Å². The van der Waals surface area contributed by atoms with Gasteiger partial charge in [0.1, 0.15) is 0 Å². The first kappa shape index (κ1) is 14.5.